The standard InChI is InChI=1S/C9H15NO2/c1-3-4-10-6-8(7(2)11)5-9(10)12/h8H,3-6H2,1-2H3. The molecule has 0 aliphatic carbocycles. The molecule has 12 heavy (non-hydrogen) atoms. The molecule has 0 saturated carbocycles. The highest BCUT2D eigenvalue weighted by atomic mass is 16.2. The van der Waals surface area contributed by atoms with Crippen molar-refractivity contribution in [1.29, 1.82) is 0 Å². The van der Waals surface area contributed by atoms with Gasteiger partial charge in [0.25, 0.3) is 0 Å². The SMILES string of the molecule is CCCN1CC(C(C)=O)CC1=O. The number of hydrogen-bond acceptors (Lipinski definition) is 2. The summed E-state index contributed by atoms with van der Waals surface area (Å²) in [5.74, 6) is 0.239. The number of nitrogens with zero attached hydrogens (tertiary/aromatic N) is 1. The highest BCUT2D eigenvalue weighted by Crippen LogP contribution is 2.18. The lowest BCUT2D eigenvalue weighted by Crippen LogP contribution is -2.26. The summed E-state index contributed by atoms with van der Waals surface area (Å²) in [6.07, 6.45) is 1.39. The molecule has 1 aliphatic rings. The number of hydrogen-bond donors (Lipinski definition) is 0. The van der Waals surface area contributed by atoms with E-state index in [9.17, 15) is 9.59 Å². The number of carbonyl (C=O) groups excluding carboxylic acids is 2. The normalized spacial score (nSPS) is 23.3. The van der Waals surface area contributed by atoms with Crippen molar-refractivity contribution in [3.63, 3.8) is 0 Å². The number of Topliss-reactive ketones (excluding diaryl/α,β-unsaturated/α-hetero) is 1. The zero-order chi connectivity index (χ0) is 9.14. The molecule has 1 fully saturated rings. The summed E-state index contributed by atoms with van der Waals surface area (Å²) < 4.78 is 0. The summed E-state index contributed by atoms with van der Waals surface area (Å²) in [5, 5.41) is 0. The van der Waals surface area contributed by atoms with Gasteiger partial charge < -0.3 is 4.90 Å². The number of rotatable bonds is 3. The van der Waals surface area contributed by atoms with Gasteiger partial charge in [0.15, 0.2) is 0 Å². The lowest BCUT2D eigenvalue weighted by molar-refractivity contribution is -0.128. The van der Waals surface area contributed by atoms with Gasteiger partial charge in [-0.1, -0.05) is 6.92 Å². The summed E-state index contributed by atoms with van der Waals surface area (Å²) in [6, 6.07) is 0. The molecule has 68 valence electrons. The minimum absolute atomic E-state index is 0.0379. The van der Waals surface area contributed by atoms with Crippen LogP contribution in [0.3, 0.4) is 0 Å². The molecule has 1 unspecified atom stereocenters. The first-order chi connectivity index (χ1) is 5.65. The Morgan fingerprint density at radius 1 is 1.67 bits per heavy atom. The molecule has 0 spiro atoms. The lowest BCUT2D eigenvalue weighted by atomic mass is 10.1. The van der Waals surface area contributed by atoms with Crippen LogP contribution in [0.2, 0.25) is 0 Å². The van der Waals surface area contributed by atoms with Gasteiger partial charge >= 0.3 is 0 Å². The maximum Gasteiger partial charge on any atom is 0.223 e. The molecule has 0 bridgehead atoms. The molecule has 1 atom stereocenters. The average molecular weight is 169 g/mol. The van der Waals surface area contributed by atoms with E-state index in [1.54, 1.807) is 11.8 Å². The van der Waals surface area contributed by atoms with Gasteiger partial charge in [-0.3, -0.25) is 9.59 Å². The van der Waals surface area contributed by atoms with Gasteiger partial charge in [-0.15, -0.1) is 0 Å². The fourth-order valence-corrected chi connectivity index (χ4v) is 1.53. The molecule has 3 nitrogen and oxygen atoms in total. The van der Waals surface area contributed by atoms with Crippen molar-refractivity contribution in [2.45, 2.75) is 26.7 Å². The van der Waals surface area contributed by atoms with Gasteiger partial charge in [-0.25, -0.2) is 0 Å². The third-order valence-electron chi connectivity index (χ3n) is 2.28. The van der Waals surface area contributed by atoms with E-state index in [1.165, 1.54) is 0 Å². The molecule has 0 aromatic rings. The summed E-state index contributed by atoms with van der Waals surface area (Å²) in [5.41, 5.74) is 0. The first-order valence-corrected chi connectivity index (χ1v) is 4.43. The van der Waals surface area contributed by atoms with E-state index in [1.807, 2.05) is 6.92 Å². The maximum atomic E-state index is 11.3. The van der Waals surface area contributed by atoms with Crippen molar-refractivity contribution in [3.05, 3.63) is 0 Å². The van der Waals surface area contributed by atoms with Crippen molar-refractivity contribution in [1.82, 2.24) is 4.90 Å². The van der Waals surface area contributed by atoms with Crippen LogP contribution in [-0.4, -0.2) is 29.7 Å². The molecule has 1 amide bonds. The van der Waals surface area contributed by atoms with Crippen LogP contribution in [0.5, 0.6) is 0 Å². The van der Waals surface area contributed by atoms with E-state index in [-0.39, 0.29) is 17.6 Å². The van der Waals surface area contributed by atoms with Gasteiger partial charge in [0, 0.05) is 25.4 Å². The van der Waals surface area contributed by atoms with Gasteiger partial charge in [-0.2, -0.15) is 0 Å². The van der Waals surface area contributed by atoms with Crippen molar-refractivity contribution in [2.24, 2.45) is 5.92 Å². The second kappa shape index (κ2) is 3.70. The van der Waals surface area contributed by atoms with E-state index in [0.29, 0.717) is 13.0 Å². The van der Waals surface area contributed by atoms with Crippen molar-refractivity contribution >= 4 is 11.7 Å². The fraction of sp³-hybridized carbons (Fsp3) is 0.778. The van der Waals surface area contributed by atoms with Crippen molar-refractivity contribution in [3.8, 4) is 0 Å². The summed E-state index contributed by atoms with van der Waals surface area (Å²) in [7, 11) is 0. The zero-order valence-corrected chi connectivity index (χ0v) is 7.67. The van der Waals surface area contributed by atoms with Crippen LogP contribution in [-0.2, 0) is 9.59 Å². The quantitative estimate of drug-likeness (QED) is 0.627. The summed E-state index contributed by atoms with van der Waals surface area (Å²) in [6.45, 7) is 5.03. The van der Waals surface area contributed by atoms with Crippen LogP contribution in [0.1, 0.15) is 26.7 Å². The highest BCUT2D eigenvalue weighted by Gasteiger charge is 2.31. The molecule has 1 rings (SSSR count). The van der Waals surface area contributed by atoms with Crippen molar-refractivity contribution in [2.75, 3.05) is 13.1 Å². The van der Waals surface area contributed by atoms with E-state index >= 15 is 0 Å². The van der Waals surface area contributed by atoms with Gasteiger partial charge in [0.1, 0.15) is 5.78 Å². The molecule has 0 aromatic heterocycles. The molecule has 0 aromatic carbocycles. The van der Waals surface area contributed by atoms with Crippen LogP contribution in [0.4, 0.5) is 0 Å². The molecular weight excluding hydrogens is 154 g/mol. The molecule has 1 heterocycles. The van der Waals surface area contributed by atoms with Gasteiger partial charge in [0.2, 0.25) is 5.91 Å². The van der Waals surface area contributed by atoms with Crippen LogP contribution in [0, 0.1) is 5.92 Å². The summed E-state index contributed by atoms with van der Waals surface area (Å²) >= 11 is 0. The molecule has 0 N–H and O–H groups in total. The van der Waals surface area contributed by atoms with Crippen LogP contribution < -0.4 is 0 Å². The number of ketones is 1. The number of likely N-dealkylation sites (tertiary alicyclic amines) is 1. The monoisotopic (exact) mass is 169 g/mol. The zero-order valence-electron chi connectivity index (χ0n) is 7.67. The Morgan fingerprint density at radius 2 is 2.33 bits per heavy atom. The van der Waals surface area contributed by atoms with E-state index in [4.69, 9.17) is 0 Å². The van der Waals surface area contributed by atoms with Crippen LogP contribution in [0.15, 0.2) is 0 Å². The molecular formula is C9H15NO2. The first kappa shape index (κ1) is 9.23. The van der Waals surface area contributed by atoms with Crippen LogP contribution >= 0.6 is 0 Å². The fourth-order valence-electron chi connectivity index (χ4n) is 1.53. The van der Waals surface area contributed by atoms with Crippen LogP contribution in [0.25, 0.3) is 0 Å². The second-order valence-electron chi connectivity index (χ2n) is 3.35. The van der Waals surface area contributed by atoms with E-state index < -0.39 is 0 Å². The van der Waals surface area contributed by atoms with Gasteiger partial charge in [0.05, 0.1) is 0 Å². The molecule has 3 heteroatoms. The largest absolute Gasteiger partial charge is 0.342 e. The predicted octanol–water partition coefficient (Wildman–Crippen LogP) is 0.834. The Balaban J connectivity index is 2.50. The van der Waals surface area contributed by atoms with E-state index in [0.717, 1.165) is 13.0 Å². The number of amides is 1. The minimum Gasteiger partial charge on any atom is -0.342 e. The Morgan fingerprint density at radius 3 is 2.75 bits per heavy atom. The lowest BCUT2D eigenvalue weighted by Gasteiger charge is -2.13. The maximum absolute atomic E-state index is 11.3. The Labute approximate surface area is 72.7 Å². The molecule has 0 radical (unpaired) electrons. The smallest absolute Gasteiger partial charge is 0.223 e. The Kier molecular flexibility index (Phi) is 2.84. The Hall–Kier alpha value is -0.860. The molecule has 1 saturated heterocycles. The van der Waals surface area contributed by atoms with Gasteiger partial charge in [-0.05, 0) is 13.3 Å². The number of carbonyl (C=O) groups is 2. The highest BCUT2D eigenvalue weighted by molar-refractivity contribution is 5.89. The first-order valence-electron chi connectivity index (χ1n) is 4.43. The third-order valence-corrected chi connectivity index (χ3v) is 2.28. The summed E-state index contributed by atoms with van der Waals surface area (Å²) in [4.78, 5) is 24.0. The topological polar surface area (TPSA) is 37.4 Å². The second-order valence-corrected chi connectivity index (χ2v) is 3.35. The van der Waals surface area contributed by atoms with Crippen molar-refractivity contribution < 1.29 is 9.59 Å². The minimum atomic E-state index is -0.0379. The third kappa shape index (κ3) is 1.84. The average Bonchev–Trinajstić information content (AvgIpc) is 2.34. The predicted molar refractivity (Wildman–Crippen MR) is 45.7 cm³/mol. The molecule has 1 aliphatic heterocycles. The van der Waals surface area contributed by atoms with E-state index in [2.05, 4.69) is 0 Å². The Bertz CT molecular complexity index is 201.